The summed E-state index contributed by atoms with van der Waals surface area (Å²) in [6, 6.07) is 15.0. The normalized spacial score (nSPS) is 10.5. The van der Waals surface area contributed by atoms with E-state index < -0.39 is 11.8 Å². The van der Waals surface area contributed by atoms with Gasteiger partial charge < -0.3 is 14.8 Å². The molecule has 28 heavy (non-hydrogen) atoms. The van der Waals surface area contributed by atoms with Gasteiger partial charge in [0.2, 0.25) is 0 Å². The zero-order valence-corrected chi connectivity index (χ0v) is 16.1. The number of hydrazone groups is 1. The average Bonchev–Trinajstić information content (AvgIpc) is 2.71. The SMILES string of the molecule is CCOc1ccc(/C=N\NC(=O)C(=O)NCCc2ccccc2)cc1OCC. The van der Waals surface area contributed by atoms with Gasteiger partial charge in [0.1, 0.15) is 0 Å². The Balaban J connectivity index is 1.83. The van der Waals surface area contributed by atoms with Crippen LogP contribution in [-0.2, 0) is 16.0 Å². The van der Waals surface area contributed by atoms with Gasteiger partial charge in [-0.15, -0.1) is 0 Å². The summed E-state index contributed by atoms with van der Waals surface area (Å²) in [6.45, 7) is 5.18. The van der Waals surface area contributed by atoms with Crippen LogP contribution >= 0.6 is 0 Å². The van der Waals surface area contributed by atoms with Gasteiger partial charge in [-0.05, 0) is 49.6 Å². The van der Waals surface area contributed by atoms with Crippen molar-refractivity contribution in [3.05, 3.63) is 59.7 Å². The van der Waals surface area contributed by atoms with E-state index in [2.05, 4.69) is 15.8 Å². The average molecular weight is 383 g/mol. The lowest BCUT2D eigenvalue weighted by molar-refractivity contribution is -0.139. The topological polar surface area (TPSA) is 89.0 Å². The highest BCUT2D eigenvalue weighted by atomic mass is 16.5. The van der Waals surface area contributed by atoms with Crippen molar-refractivity contribution < 1.29 is 19.1 Å². The van der Waals surface area contributed by atoms with E-state index in [4.69, 9.17) is 9.47 Å². The molecular weight excluding hydrogens is 358 g/mol. The zero-order valence-electron chi connectivity index (χ0n) is 16.1. The molecule has 7 heteroatoms. The fourth-order valence-corrected chi connectivity index (χ4v) is 2.41. The third kappa shape index (κ3) is 6.75. The molecule has 0 saturated heterocycles. The molecule has 0 radical (unpaired) electrons. The summed E-state index contributed by atoms with van der Waals surface area (Å²) >= 11 is 0. The molecule has 0 spiro atoms. The van der Waals surface area contributed by atoms with E-state index in [0.717, 1.165) is 5.56 Å². The molecule has 0 aromatic heterocycles. The molecule has 0 bridgehead atoms. The number of hydrogen-bond donors (Lipinski definition) is 2. The second kappa shape index (κ2) is 11.4. The first-order valence-electron chi connectivity index (χ1n) is 9.18. The van der Waals surface area contributed by atoms with Crippen molar-refractivity contribution in [1.29, 1.82) is 0 Å². The Morgan fingerprint density at radius 3 is 2.39 bits per heavy atom. The third-order valence-electron chi connectivity index (χ3n) is 3.70. The third-order valence-corrected chi connectivity index (χ3v) is 3.70. The number of nitrogens with zero attached hydrogens (tertiary/aromatic N) is 1. The Kier molecular flexibility index (Phi) is 8.52. The van der Waals surface area contributed by atoms with Crippen LogP contribution in [0.5, 0.6) is 11.5 Å². The Hall–Kier alpha value is -3.35. The number of hydrogen-bond acceptors (Lipinski definition) is 5. The summed E-state index contributed by atoms with van der Waals surface area (Å²) in [6.07, 6.45) is 2.09. The minimum atomic E-state index is -0.819. The van der Waals surface area contributed by atoms with Crippen molar-refractivity contribution in [3.63, 3.8) is 0 Å². The molecule has 0 aliphatic rings. The largest absolute Gasteiger partial charge is 0.490 e. The quantitative estimate of drug-likeness (QED) is 0.395. The van der Waals surface area contributed by atoms with Gasteiger partial charge in [-0.2, -0.15) is 5.10 Å². The van der Waals surface area contributed by atoms with E-state index >= 15 is 0 Å². The first-order valence-corrected chi connectivity index (χ1v) is 9.18. The maximum absolute atomic E-state index is 11.8. The fourth-order valence-electron chi connectivity index (χ4n) is 2.41. The first kappa shape index (κ1) is 21.0. The second-order valence-corrected chi connectivity index (χ2v) is 5.76. The van der Waals surface area contributed by atoms with Crippen LogP contribution in [0.2, 0.25) is 0 Å². The number of carbonyl (C=O) groups is 2. The van der Waals surface area contributed by atoms with E-state index in [-0.39, 0.29) is 0 Å². The molecule has 0 aliphatic heterocycles. The predicted octanol–water partition coefficient (Wildman–Crippen LogP) is 2.29. The Bertz CT molecular complexity index is 807. The monoisotopic (exact) mass is 383 g/mol. The lowest BCUT2D eigenvalue weighted by Gasteiger charge is -2.11. The summed E-state index contributed by atoms with van der Waals surface area (Å²) < 4.78 is 11.0. The summed E-state index contributed by atoms with van der Waals surface area (Å²) in [5.41, 5.74) is 4.01. The summed E-state index contributed by atoms with van der Waals surface area (Å²) in [4.78, 5) is 23.6. The number of ether oxygens (including phenoxy) is 2. The van der Waals surface area contributed by atoms with Gasteiger partial charge in [-0.3, -0.25) is 9.59 Å². The lowest BCUT2D eigenvalue weighted by Crippen LogP contribution is -2.38. The molecule has 0 heterocycles. The molecule has 7 nitrogen and oxygen atoms in total. The second-order valence-electron chi connectivity index (χ2n) is 5.76. The van der Waals surface area contributed by atoms with Crippen molar-refractivity contribution >= 4 is 18.0 Å². The number of benzene rings is 2. The van der Waals surface area contributed by atoms with Crippen molar-refractivity contribution in [2.75, 3.05) is 19.8 Å². The molecule has 2 aromatic carbocycles. The molecular formula is C21H25N3O4. The number of carbonyl (C=O) groups excluding carboxylic acids is 2. The molecule has 148 valence electrons. The number of rotatable bonds is 9. The molecule has 2 N–H and O–H groups in total. The highest BCUT2D eigenvalue weighted by Gasteiger charge is 2.11. The summed E-state index contributed by atoms with van der Waals surface area (Å²) in [5, 5.41) is 6.39. The zero-order chi connectivity index (χ0) is 20.2. The van der Waals surface area contributed by atoms with Gasteiger partial charge in [0.25, 0.3) is 0 Å². The van der Waals surface area contributed by atoms with E-state index in [1.54, 1.807) is 18.2 Å². The molecule has 0 fully saturated rings. The van der Waals surface area contributed by atoms with Crippen LogP contribution in [0.4, 0.5) is 0 Å². The van der Waals surface area contributed by atoms with Gasteiger partial charge in [-0.25, -0.2) is 5.43 Å². The highest BCUT2D eigenvalue weighted by Crippen LogP contribution is 2.27. The maximum atomic E-state index is 11.8. The highest BCUT2D eigenvalue weighted by molar-refractivity contribution is 6.35. The van der Waals surface area contributed by atoms with Crippen LogP contribution in [-0.4, -0.2) is 37.8 Å². The molecule has 0 aliphatic carbocycles. The van der Waals surface area contributed by atoms with Crippen LogP contribution in [0.15, 0.2) is 53.6 Å². The number of amides is 2. The van der Waals surface area contributed by atoms with E-state index in [1.807, 2.05) is 44.2 Å². The number of nitrogens with one attached hydrogen (secondary N) is 2. The Morgan fingerprint density at radius 1 is 0.964 bits per heavy atom. The first-order chi connectivity index (χ1) is 13.6. The predicted molar refractivity (Wildman–Crippen MR) is 108 cm³/mol. The van der Waals surface area contributed by atoms with E-state index in [9.17, 15) is 9.59 Å². The van der Waals surface area contributed by atoms with Gasteiger partial charge in [0.05, 0.1) is 19.4 Å². The molecule has 2 rings (SSSR count). The maximum Gasteiger partial charge on any atom is 0.329 e. The molecule has 2 amide bonds. The smallest absolute Gasteiger partial charge is 0.329 e. The fraction of sp³-hybridized carbons (Fsp3) is 0.286. The van der Waals surface area contributed by atoms with Gasteiger partial charge in [0, 0.05) is 6.54 Å². The molecule has 0 atom stereocenters. The van der Waals surface area contributed by atoms with Crippen molar-refractivity contribution in [3.8, 4) is 11.5 Å². The van der Waals surface area contributed by atoms with Crippen LogP contribution in [0, 0.1) is 0 Å². The van der Waals surface area contributed by atoms with E-state index in [1.165, 1.54) is 6.21 Å². The summed E-state index contributed by atoms with van der Waals surface area (Å²) in [5.74, 6) is -0.309. The van der Waals surface area contributed by atoms with Gasteiger partial charge in [0.15, 0.2) is 11.5 Å². The van der Waals surface area contributed by atoms with Crippen LogP contribution in [0.3, 0.4) is 0 Å². The van der Waals surface area contributed by atoms with E-state index in [0.29, 0.717) is 43.2 Å². The lowest BCUT2D eigenvalue weighted by atomic mass is 10.1. The van der Waals surface area contributed by atoms with Crippen molar-refractivity contribution in [2.45, 2.75) is 20.3 Å². The molecule has 0 unspecified atom stereocenters. The minimum absolute atomic E-state index is 0.372. The summed E-state index contributed by atoms with van der Waals surface area (Å²) in [7, 11) is 0. The van der Waals surface area contributed by atoms with Crippen LogP contribution < -0.4 is 20.2 Å². The van der Waals surface area contributed by atoms with Crippen LogP contribution in [0.25, 0.3) is 0 Å². The van der Waals surface area contributed by atoms with Gasteiger partial charge in [-0.1, -0.05) is 30.3 Å². The minimum Gasteiger partial charge on any atom is -0.490 e. The molecule has 0 saturated carbocycles. The standard InChI is InChI=1S/C21H25N3O4/c1-3-27-18-11-10-17(14-19(18)28-4-2)15-23-24-21(26)20(25)22-13-12-16-8-6-5-7-9-16/h5-11,14-15H,3-4,12-13H2,1-2H3,(H,22,25)(H,24,26)/b23-15-. The Morgan fingerprint density at radius 2 is 1.68 bits per heavy atom. The van der Waals surface area contributed by atoms with Crippen molar-refractivity contribution in [2.24, 2.45) is 5.10 Å². The van der Waals surface area contributed by atoms with Gasteiger partial charge >= 0.3 is 11.8 Å². The molecule has 2 aromatic rings. The van der Waals surface area contributed by atoms with Crippen molar-refractivity contribution in [1.82, 2.24) is 10.7 Å². The van der Waals surface area contributed by atoms with Crippen LogP contribution in [0.1, 0.15) is 25.0 Å². The Labute approximate surface area is 164 Å².